The highest BCUT2D eigenvalue weighted by molar-refractivity contribution is 5.27. The van der Waals surface area contributed by atoms with Gasteiger partial charge in [0.2, 0.25) is 0 Å². The third kappa shape index (κ3) is 2.05. The van der Waals surface area contributed by atoms with Gasteiger partial charge in [0.1, 0.15) is 0 Å². The second-order valence-corrected chi connectivity index (χ2v) is 3.79. The molecule has 1 aliphatic rings. The van der Waals surface area contributed by atoms with E-state index in [1.165, 1.54) is 12.1 Å². The molecule has 1 aromatic carbocycles. The van der Waals surface area contributed by atoms with Gasteiger partial charge in [0.25, 0.3) is 6.43 Å². The predicted molar refractivity (Wildman–Crippen MR) is 53.8 cm³/mol. The molecular formula is C12H11F2NO. The van der Waals surface area contributed by atoms with E-state index in [9.17, 15) is 8.78 Å². The molecule has 1 aliphatic heterocycles. The minimum Gasteiger partial charge on any atom is -0.372 e. The Hall–Kier alpha value is -1.47. The Balaban J connectivity index is 2.27. The lowest BCUT2D eigenvalue weighted by molar-refractivity contribution is 0.1000. The van der Waals surface area contributed by atoms with Crippen LogP contribution in [0.3, 0.4) is 0 Å². The van der Waals surface area contributed by atoms with Crippen molar-refractivity contribution in [1.29, 1.82) is 5.26 Å². The zero-order chi connectivity index (χ0) is 11.5. The normalized spacial score (nSPS) is 24.6. The number of benzene rings is 1. The first kappa shape index (κ1) is 11.0. The highest BCUT2D eigenvalue weighted by Crippen LogP contribution is 2.35. The monoisotopic (exact) mass is 223 g/mol. The van der Waals surface area contributed by atoms with Gasteiger partial charge in [0.05, 0.1) is 18.1 Å². The van der Waals surface area contributed by atoms with E-state index < -0.39 is 6.43 Å². The van der Waals surface area contributed by atoms with Gasteiger partial charge in [-0.25, -0.2) is 8.78 Å². The van der Waals surface area contributed by atoms with Crippen LogP contribution >= 0.6 is 0 Å². The quantitative estimate of drug-likeness (QED) is 0.771. The molecule has 2 nitrogen and oxygen atoms in total. The minimum absolute atomic E-state index is 0.0234. The van der Waals surface area contributed by atoms with Gasteiger partial charge < -0.3 is 4.74 Å². The van der Waals surface area contributed by atoms with Crippen molar-refractivity contribution in [2.24, 2.45) is 5.92 Å². The van der Waals surface area contributed by atoms with Crippen molar-refractivity contribution in [2.75, 3.05) is 6.61 Å². The Morgan fingerprint density at radius 3 is 2.94 bits per heavy atom. The average molecular weight is 223 g/mol. The van der Waals surface area contributed by atoms with E-state index in [1.54, 1.807) is 12.1 Å². The number of nitriles is 1. The van der Waals surface area contributed by atoms with E-state index in [-0.39, 0.29) is 17.6 Å². The van der Waals surface area contributed by atoms with Crippen LogP contribution in [-0.4, -0.2) is 6.61 Å². The standard InChI is InChI=1S/C12H11F2NO/c13-12(14)9-3-1-2-8(6-9)11-10(7-15)4-5-16-11/h1-3,6,10-12H,4-5H2. The average Bonchev–Trinajstić information content (AvgIpc) is 2.77. The van der Waals surface area contributed by atoms with Gasteiger partial charge >= 0.3 is 0 Å². The maximum Gasteiger partial charge on any atom is 0.263 e. The van der Waals surface area contributed by atoms with Gasteiger partial charge in [-0.2, -0.15) is 5.26 Å². The summed E-state index contributed by atoms with van der Waals surface area (Å²) in [5.74, 6) is -0.229. The summed E-state index contributed by atoms with van der Waals surface area (Å²) in [6.07, 6.45) is -2.18. The summed E-state index contributed by atoms with van der Waals surface area (Å²) in [7, 11) is 0. The molecule has 1 saturated heterocycles. The van der Waals surface area contributed by atoms with Crippen LogP contribution in [0.25, 0.3) is 0 Å². The lowest BCUT2D eigenvalue weighted by Gasteiger charge is -2.14. The summed E-state index contributed by atoms with van der Waals surface area (Å²) in [4.78, 5) is 0. The molecule has 0 aliphatic carbocycles. The van der Waals surface area contributed by atoms with Crippen molar-refractivity contribution in [3.8, 4) is 6.07 Å². The molecule has 2 rings (SSSR count). The van der Waals surface area contributed by atoms with Crippen molar-refractivity contribution in [1.82, 2.24) is 0 Å². The molecule has 0 bridgehead atoms. The third-order valence-electron chi connectivity index (χ3n) is 2.75. The Morgan fingerprint density at radius 1 is 1.44 bits per heavy atom. The maximum absolute atomic E-state index is 12.5. The van der Waals surface area contributed by atoms with Crippen molar-refractivity contribution < 1.29 is 13.5 Å². The second kappa shape index (κ2) is 4.58. The Kier molecular flexibility index (Phi) is 3.16. The van der Waals surface area contributed by atoms with Crippen molar-refractivity contribution in [3.63, 3.8) is 0 Å². The minimum atomic E-state index is -2.48. The number of rotatable bonds is 2. The van der Waals surface area contributed by atoms with Crippen LogP contribution in [-0.2, 0) is 4.74 Å². The van der Waals surface area contributed by atoms with Gasteiger partial charge in [0, 0.05) is 12.2 Å². The van der Waals surface area contributed by atoms with Crippen LogP contribution in [0, 0.1) is 17.2 Å². The molecule has 1 aromatic rings. The molecule has 0 spiro atoms. The van der Waals surface area contributed by atoms with Crippen LogP contribution in [0.15, 0.2) is 24.3 Å². The Morgan fingerprint density at radius 2 is 2.25 bits per heavy atom. The fraction of sp³-hybridized carbons (Fsp3) is 0.417. The van der Waals surface area contributed by atoms with Gasteiger partial charge in [-0.05, 0) is 18.1 Å². The van der Waals surface area contributed by atoms with E-state index in [1.807, 2.05) is 0 Å². The van der Waals surface area contributed by atoms with E-state index >= 15 is 0 Å². The molecule has 0 saturated carbocycles. The van der Waals surface area contributed by atoms with Gasteiger partial charge in [-0.1, -0.05) is 18.2 Å². The first-order valence-electron chi connectivity index (χ1n) is 5.11. The Labute approximate surface area is 92.5 Å². The second-order valence-electron chi connectivity index (χ2n) is 3.79. The molecular weight excluding hydrogens is 212 g/mol. The number of nitrogens with zero attached hydrogens (tertiary/aromatic N) is 1. The molecule has 1 fully saturated rings. The molecule has 1 heterocycles. The molecule has 4 heteroatoms. The number of alkyl halides is 2. The maximum atomic E-state index is 12.5. The molecule has 16 heavy (non-hydrogen) atoms. The molecule has 2 atom stereocenters. The fourth-order valence-corrected chi connectivity index (χ4v) is 1.92. The molecule has 0 aromatic heterocycles. The largest absolute Gasteiger partial charge is 0.372 e. The highest BCUT2D eigenvalue weighted by atomic mass is 19.3. The van der Waals surface area contributed by atoms with Gasteiger partial charge in [0.15, 0.2) is 0 Å². The third-order valence-corrected chi connectivity index (χ3v) is 2.75. The summed E-state index contributed by atoms with van der Waals surface area (Å²) in [5, 5.41) is 8.90. The highest BCUT2D eigenvalue weighted by Gasteiger charge is 2.29. The number of halogens is 2. The molecule has 84 valence electrons. The van der Waals surface area contributed by atoms with Crippen molar-refractivity contribution >= 4 is 0 Å². The predicted octanol–water partition coefficient (Wildman–Crippen LogP) is 3.23. The lowest BCUT2D eigenvalue weighted by Crippen LogP contribution is -2.05. The smallest absolute Gasteiger partial charge is 0.263 e. The van der Waals surface area contributed by atoms with Crippen molar-refractivity contribution in [2.45, 2.75) is 19.0 Å². The summed E-state index contributed by atoms with van der Waals surface area (Å²) < 4.78 is 30.4. The van der Waals surface area contributed by atoms with E-state index in [0.29, 0.717) is 18.6 Å². The fourth-order valence-electron chi connectivity index (χ4n) is 1.92. The SMILES string of the molecule is N#CC1CCOC1c1cccc(C(F)F)c1. The van der Waals surface area contributed by atoms with Crippen LogP contribution in [0.5, 0.6) is 0 Å². The first-order chi connectivity index (χ1) is 7.72. The van der Waals surface area contributed by atoms with Crippen LogP contribution in [0.4, 0.5) is 8.78 Å². The van der Waals surface area contributed by atoms with Crippen LogP contribution in [0.1, 0.15) is 30.1 Å². The van der Waals surface area contributed by atoms with E-state index in [2.05, 4.69) is 6.07 Å². The molecule has 0 radical (unpaired) electrons. The van der Waals surface area contributed by atoms with Gasteiger partial charge in [-0.3, -0.25) is 0 Å². The summed E-state index contributed by atoms with van der Waals surface area (Å²) >= 11 is 0. The summed E-state index contributed by atoms with van der Waals surface area (Å²) in [6.45, 7) is 0.516. The molecule has 2 unspecified atom stereocenters. The van der Waals surface area contributed by atoms with E-state index in [4.69, 9.17) is 10.00 Å². The van der Waals surface area contributed by atoms with Crippen LogP contribution < -0.4 is 0 Å². The first-order valence-corrected chi connectivity index (χ1v) is 5.11. The Bertz CT molecular complexity index is 414. The molecule has 0 amide bonds. The number of hydrogen-bond donors (Lipinski definition) is 0. The topological polar surface area (TPSA) is 33.0 Å². The zero-order valence-corrected chi connectivity index (χ0v) is 8.57. The zero-order valence-electron chi connectivity index (χ0n) is 8.57. The van der Waals surface area contributed by atoms with Crippen LogP contribution in [0.2, 0.25) is 0 Å². The lowest BCUT2D eigenvalue weighted by atomic mass is 9.95. The van der Waals surface area contributed by atoms with Crippen molar-refractivity contribution in [3.05, 3.63) is 35.4 Å². The number of hydrogen-bond acceptors (Lipinski definition) is 2. The van der Waals surface area contributed by atoms with E-state index in [0.717, 1.165) is 0 Å². The number of ether oxygens (including phenoxy) is 1. The molecule has 0 N–H and O–H groups in total. The van der Waals surface area contributed by atoms with Gasteiger partial charge in [-0.15, -0.1) is 0 Å². The summed E-state index contributed by atoms with van der Waals surface area (Å²) in [6, 6.07) is 8.25. The summed E-state index contributed by atoms with van der Waals surface area (Å²) in [5.41, 5.74) is 0.645.